The minimum Gasteiger partial charge on any atom is -0.487 e. The van der Waals surface area contributed by atoms with Gasteiger partial charge < -0.3 is 10.5 Å². The average Bonchev–Trinajstić information content (AvgIpc) is 2.54. The summed E-state index contributed by atoms with van der Waals surface area (Å²) in [6.45, 7) is -0.0735. The van der Waals surface area contributed by atoms with Crippen LogP contribution in [0.3, 0.4) is 0 Å². The number of nitrogens with one attached hydrogen (secondary N) is 2. The Bertz CT molecular complexity index is 797. The van der Waals surface area contributed by atoms with Crippen LogP contribution in [-0.2, 0) is 12.8 Å². The van der Waals surface area contributed by atoms with Gasteiger partial charge in [0.25, 0.3) is 0 Å². The number of nitrogens with zero attached hydrogens (tertiary/aromatic N) is 1. The Balaban J connectivity index is 0.00000338. The fraction of sp³-hybridized carbons (Fsp3) is 0.125. The number of hydrogen-bond donors (Lipinski definition) is 3. The first kappa shape index (κ1) is 21.6. The third-order valence-electron chi connectivity index (χ3n) is 3.03. The maximum absolute atomic E-state index is 12.7. The number of guanidine groups is 1. The number of benzene rings is 2. The Kier molecular flexibility index (Phi) is 7.73. The second kappa shape index (κ2) is 9.30. The molecule has 2 rings (SSSR count). The quantitative estimate of drug-likeness (QED) is 0.395. The molecule has 140 valence electrons. The smallest absolute Gasteiger partial charge is 0.416 e. The van der Waals surface area contributed by atoms with Crippen molar-refractivity contribution in [1.82, 2.24) is 5.43 Å². The molecule has 0 radical (unpaired) electrons. The summed E-state index contributed by atoms with van der Waals surface area (Å²) in [5.41, 5.74) is 7.46. The number of hydrazone groups is 1. The summed E-state index contributed by atoms with van der Waals surface area (Å²) < 4.78 is 43.7. The summed E-state index contributed by atoms with van der Waals surface area (Å²) in [5, 5.41) is 10.9. The van der Waals surface area contributed by atoms with E-state index in [9.17, 15) is 13.2 Å². The van der Waals surface area contributed by atoms with Crippen LogP contribution in [0.15, 0.2) is 47.6 Å². The van der Waals surface area contributed by atoms with Crippen molar-refractivity contribution in [3.05, 3.63) is 64.2 Å². The van der Waals surface area contributed by atoms with Crippen molar-refractivity contribution in [2.24, 2.45) is 10.8 Å². The molecular formula is C16H15Cl2F3N4O. The highest BCUT2D eigenvalue weighted by molar-refractivity contribution is 6.34. The SMILES string of the molecule is Cl.N=C(N)N/N=C/c1cccc(OCc2cccc(C(F)(F)F)c2)c1Cl. The second-order valence-corrected chi connectivity index (χ2v) is 5.31. The molecule has 0 aliphatic heterocycles. The van der Waals surface area contributed by atoms with E-state index in [-0.39, 0.29) is 30.0 Å². The largest absolute Gasteiger partial charge is 0.487 e. The van der Waals surface area contributed by atoms with Gasteiger partial charge in [-0.1, -0.05) is 35.9 Å². The van der Waals surface area contributed by atoms with Crippen molar-refractivity contribution < 1.29 is 17.9 Å². The van der Waals surface area contributed by atoms with Crippen LogP contribution in [0.5, 0.6) is 5.75 Å². The minimum absolute atomic E-state index is 0. The number of ether oxygens (including phenoxy) is 1. The molecular weight excluding hydrogens is 392 g/mol. The second-order valence-electron chi connectivity index (χ2n) is 4.93. The van der Waals surface area contributed by atoms with Crippen LogP contribution in [0.2, 0.25) is 5.02 Å². The molecule has 4 N–H and O–H groups in total. The summed E-state index contributed by atoms with van der Waals surface area (Å²) in [6.07, 6.45) is -3.06. The predicted octanol–water partition coefficient (Wildman–Crippen LogP) is 4.18. The van der Waals surface area contributed by atoms with Crippen LogP contribution in [0.25, 0.3) is 0 Å². The van der Waals surface area contributed by atoms with E-state index >= 15 is 0 Å². The maximum atomic E-state index is 12.7. The first-order valence-electron chi connectivity index (χ1n) is 6.98. The van der Waals surface area contributed by atoms with Crippen molar-refractivity contribution in [1.29, 1.82) is 5.41 Å². The molecule has 10 heteroatoms. The van der Waals surface area contributed by atoms with Crippen molar-refractivity contribution in [2.75, 3.05) is 0 Å². The molecule has 0 aromatic heterocycles. The van der Waals surface area contributed by atoms with Crippen LogP contribution in [0.4, 0.5) is 13.2 Å². The van der Waals surface area contributed by atoms with Gasteiger partial charge in [-0.2, -0.15) is 18.3 Å². The van der Waals surface area contributed by atoms with Crippen LogP contribution in [0, 0.1) is 5.41 Å². The first-order valence-corrected chi connectivity index (χ1v) is 7.35. The highest BCUT2D eigenvalue weighted by Crippen LogP contribution is 2.31. The lowest BCUT2D eigenvalue weighted by Crippen LogP contribution is -2.25. The molecule has 0 aliphatic rings. The van der Waals surface area contributed by atoms with E-state index in [0.717, 1.165) is 12.1 Å². The average molecular weight is 407 g/mol. The zero-order valence-corrected chi connectivity index (χ0v) is 14.8. The Hall–Kier alpha value is -2.45. The number of alkyl halides is 3. The lowest BCUT2D eigenvalue weighted by Gasteiger charge is -2.11. The molecule has 0 saturated heterocycles. The third kappa shape index (κ3) is 6.12. The molecule has 26 heavy (non-hydrogen) atoms. The summed E-state index contributed by atoms with van der Waals surface area (Å²) >= 11 is 6.19. The molecule has 0 heterocycles. The van der Waals surface area contributed by atoms with E-state index in [1.54, 1.807) is 18.2 Å². The summed E-state index contributed by atoms with van der Waals surface area (Å²) in [7, 11) is 0. The minimum atomic E-state index is -4.41. The molecule has 5 nitrogen and oxygen atoms in total. The Labute approximate surface area is 158 Å². The van der Waals surface area contributed by atoms with Gasteiger partial charge in [0.2, 0.25) is 5.96 Å². The fourth-order valence-corrected chi connectivity index (χ4v) is 2.14. The highest BCUT2D eigenvalue weighted by atomic mass is 35.5. The van der Waals surface area contributed by atoms with Crippen molar-refractivity contribution in [2.45, 2.75) is 12.8 Å². The van der Waals surface area contributed by atoms with E-state index in [1.807, 2.05) is 0 Å². The molecule has 2 aromatic carbocycles. The van der Waals surface area contributed by atoms with Crippen LogP contribution < -0.4 is 15.9 Å². The van der Waals surface area contributed by atoms with Gasteiger partial charge in [-0.3, -0.25) is 5.41 Å². The summed E-state index contributed by atoms with van der Waals surface area (Å²) in [4.78, 5) is 0. The van der Waals surface area contributed by atoms with Gasteiger partial charge in [-0.05, 0) is 23.8 Å². The van der Waals surface area contributed by atoms with E-state index in [4.69, 9.17) is 27.5 Å². The molecule has 0 saturated carbocycles. The third-order valence-corrected chi connectivity index (χ3v) is 3.43. The van der Waals surface area contributed by atoms with Gasteiger partial charge in [-0.15, -0.1) is 12.4 Å². The Morgan fingerprint density at radius 3 is 2.62 bits per heavy atom. The number of nitrogens with two attached hydrogens (primary N) is 1. The van der Waals surface area contributed by atoms with Crippen molar-refractivity contribution in [3.8, 4) is 5.75 Å². The monoisotopic (exact) mass is 406 g/mol. The van der Waals surface area contributed by atoms with Crippen molar-refractivity contribution >= 4 is 36.2 Å². The Morgan fingerprint density at radius 1 is 1.27 bits per heavy atom. The molecule has 0 bridgehead atoms. The Morgan fingerprint density at radius 2 is 1.96 bits per heavy atom. The fourth-order valence-electron chi connectivity index (χ4n) is 1.91. The van der Waals surface area contributed by atoms with E-state index in [2.05, 4.69) is 10.5 Å². The van der Waals surface area contributed by atoms with Crippen molar-refractivity contribution in [3.63, 3.8) is 0 Å². The number of hydrogen-bond acceptors (Lipinski definition) is 3. The predicted molar refractivity (Wildman–Crippen MR) is 97.1 cm³/mol. The standard InChI is InChI=1S/C16H14ClF3N4O.ClH/c17-14-11(8-23-24-15(21)22)4-2-6-13(14)25-9-10-3-1-5-12(7-10)16(18,19)20;/h1-8H,9H2,(H4,21,22,24);1H/b23-8+;. The lowest BCUT2D eigenvalue weighted by atomic mass is 10.1. The highest BCUT2D eigenvalue weighted by Gasteiger charge is 2.30. The van der Waals surface area contributed by atoms with E-state index < -0.39 is 11.7 Å². The van der Waals surface area contributed by atoms with Crippen LogP contribution in [-0.4, -0.2) is 12.2 Å². The zero-order valence-electron chi connectivity index (χ0n) is 13.2. The summed E-state index contributed by atoms with van der Waals surface area (Å²) in [5.74, 6) is -0.0322. The number of halogens is 5. The van der Waals surface area contributed by atoms with Crippen LogP contribution >= 0.6 is 24.0 Å². The van der Waals surface area contributed by atoms with Crippen LogP contribution in [0.1, 0.15) is 16.7 Å². The molecule has 0 atom stereocenters. The van der Waals surface area contributed by atoms with Gasteiger partial charge in [0.05, 0.1) is 16.8 Å². The van der Waals surface area contributed by atoms with Gasteiger partial charge in [-0.25, -0.2) is 5.43 Å². The maximum Gasteiger partial charge on any atom is 0.416 e. The number of rotatable bonds is 5. The molecule has 0 unspecified atom stereocenters. The van der Waals surface area contributed by atoms with Gasteiger partial charge in [0.15, 0.2) is 0 Å². The first-order chi connectivity index (χ1) is 11.8. The summed E-state index contributed by atoms with van der Waals surface area (Å²) in [6, 6.07) is 9.77. The molecule has 0 amide bonds. The molecule has 0 spiro atoms. The van der Waals surface area contributed by atoms with Gasteiger partial charge in [0, 0.05) is 5.56 Å². The zero-order chi connectivity index (χ0) is 18.4. The molecule has 2 aromatic rings. The molecule has 0 aliphatic carbocycles. The van der Waals surface area contributed by atoms with Gasteiger partial charge in [0.1, 0.15) is 12.4 Å². The van der Waals surface area contributed by atoms with E-state index in [1.165, 1.54) is 18.3 Å². The van der Waals surface area contributed by atoms with Gasteiger partial charge >= 0.3 is 6.18 Å². The van der Waals surface area contributed by atoms with E-state index in [0.29, 0.717) is 16.9 Å². The molecule has 0 fully saturated rings. The lowest BCUT2D eigenvalue weighted by molar-refractivity contribution is -0.137. The normalized spacial score (nSPS) is 11.1. The topological polar surface area (TPSA) is 83.5 Å².